The number of methoxy groups -OCH3 is 2. The van der Waals surface area contributed by atoms with E-state index in [1.165, 1.54) is 56.7 Å². The first kappa shape index (κ1) is 25.9. The number of rotatable bonds is 8. The third-order valence-corrected chi connectivity index (χ3v) is 6.80. The summed E-state index contributed by atoms with van der Waals surface area (Å²) in [6.07, 6.45) is -4.60. The zero-order valence-electron chi connectivity index (χ0n) is 19.1. The Morgan fingerprint density at radius 2 is 1.66 bits per heavy atom. The maximum Gasteiger partial charge on any atom is 0.416 e. The van der Waals surface area contributed by atoms with Crippen LogP contribution < -0.4 is 19.1 Å². The van der Waals surface area contributed by atoms with Gasteiger partial charge in [-0.15, -0.1) is 0 Å². The Bertz CT molecular complexity index is 1310. The average molecular weight is 509 g/mol. The average Bonchev–Trinajstić information content (AvgIpc) is 2.82. The first-order chi connectivity index (χ1) is 16.5. The minimum atomic E-state index is -4.60. The van der Waals surface area contributed by atoms with Gasteiger partial charge in [-0.3, -0.25) is 9.10 Å². The number of ether oxygens (including phenoxy) is 2. The molecule has 0 unspecified atom stereocenters. The zero-order valence-corrected chi connectivity index (χ0v) is 19.9. The standard InChI is InChI=1S/C24H23F3N2O5S/c1-16-7-12-21(34-3)22(13-16)35(31,32)29(19-8-10-20(33-2)11-9-19)15-23(30)28-18-6-4-5-17(14-18)24(25,26)27/h4-14H,15H2,1-3H3,(H,28,30). The van der Waals surface area contributed by atoms with Gasteiger partial charge in [0.1, 0.15) is 22.9 Å². The van der Waals surface area contributed by atoms with E-state index in [9.17, 15) is 26.4 Å². The number of nitrogens with zero attached hydrogens (tertiary/aromatic N) is 1. The van der Waals surface area contributed by atoms with E-state index in [1.54, 1.807) is 13.0 Å². The van der Waals surface area contributed by atoms with Crippen molar-refractivity contribution < 1.29 is 35.9 Å². The fraction of sp³-hybridized carbons (Fsp3) is 0.208. The van der Waals surface area contributed by atoms with E-state index in [0.717, 1.165) is 22.5 Å². The number of halogens is 3. The summed E-state index contributed by atoms with van der Waals surface area (Å²) in [7, 11) is -1.56. The molecule has 1 amide bonds. The molecule has 35 heavy (non-hydrogen) atoms. The summed E-state index contributed by atoms with van der Waals surface area (Å²) in [5, 5.41) is 2.34. The second-order valence-electron chi connectivity index (χ2n) is 7.49. The summed E-state index contributed by atoms with van der Waals surface area (Å²) in [5.41, 5.74) is -0.273. The smallest absolute Gasteiger partial charge is 0.416 e. The highest BCUT2D eigenvalue weighted by Gasteiger charge is 2.32. The number of carbonyl (C=O) groups excluding carboxylic acids is 1. The minimum absolute atomic E-state index is 0.0763. The van der Waals surface area contributed by atoms with Crippen molar-refractivity contribution in [1.29, 1.82) is 0 Å². The van der Waals surface area contributed by atoms with Gasteiger partial charge in [0, 0.05) is 5.69 Å². The normalized spacial score (nSPS) is 11.6. The molecule has 0 aliphatic rings. The molecule has 0 heterocycles. The molecule has 0 atom stereocenters. The van der Waals surface area contributed by atoms with Crippen LogP contribution in [0, 0.1) is 6.92 Å². The van der Waals surface area contributed by atoms with Crippen LogP contribution in [0.15, 0.2) is 71.6 Å². The van der Waals surface area contributed by atoms with Crippen LogP contribution in [0.25, 0.3) is 0 Å². The Balaban J connectivity index is 2.00. The predicted molar refractivity (Wildman–Crippen MR) is 125 cm³/mol. The van der Waals surface area contributed by atoms with E-state index >= 15 is 0 Å². The molecule has 186 valence electrons. The van der Waals surface area contributed by atoms with Gasteiger partial charge in [-0.2, -0.15) is 13.2 Å². The number of alkyl halides is 3. The van der Waals surface area contributed by atoms with E-state index in [-0.39, 0.29) is 22.0 Å². The van der Waals surface area contributed by atoms with Crippen LogP contribution in [0.3, 0.4) is 0 Å². The number of aryl methyl sites for hydroxylation is 1. The third-order valence-electron chi connectivity index (χ3n) is 5.01. The summed E-state index contributed by atoms with van der Waals surface area (Å²) in [5.74, 6) is -0.296. The van der Waals surface area contributed by atoms with Crippen molar-refractivity contribution in [3.63, 3.8) is 0 Å². The van der Waals surface area contributed by atoms with Crippen LogP contribution in [0.2, 0.25) is 0 Å². The lowest BCUT2D eigenvalue weighted by atomic mass is 10.2. The van der Waals surface area contributed by atoms with Crippen molar-refractivity contribution in [2.45, 2.75) is 18.0 Å². The molecule has 0 saturated carbocycles. The van der Waals surface area contributed by atoms with E-state index in [0.29, 0.717) is 11.3 Å². The molecule has 11 heteroatoms. The molecule has 0 aliphatic heterocycles. The number of amides is 1. The van der Waals surface area contributed by atoms with Crippen molar-refractivity contribution in [1.82, 2.24) is 0 Å². The van der Waals surface area contributed by atoms with Crippen molar-refractivity contribution in [2.24, 2.45) is 0 Å². The summed E-state index contributed by atoms with van der Waals surface area (Å²) >= 11 is 0. The quantitative estimate of drug-likeness (QED) is 0.470. The molecule has 0 radical (unpaired) electrons. The molecule has 0 fully saturated rings. The van der Waals surface area contributed by atoms with Crippen LogP contribution in [0.5, 0.6) is 11.5 Å². The highest BCUT2D eigenvalue weighted by molar-refractivity contribution is 7.93. The summed E-state index contributed by atoms with van der Waals surface area (Å²) in [6, 6.07) is 14.6. The van der Waals surface area contributed by atoms with E-state index in [1.807, 2.05) is 0 Å². The van der Waals surface area contributed by atoms with Crippen LogP contribution in [-0.4, -0.2) is 35.1 Å². The monoisotopic (exact) mass is 508 g/mol. The molecule has 0 aliphatic carbocycles. The van der Waals surface area contributed by atoms with Gasteiger partial charge in [0.2, 0.25) is 5.91 Å². The lowest BCUT2D eigenvalue weighted by Gasteiger charge is -2.25. The fourth-order valence-electron chi connectivity index (χ4n) is 3.27. The van der Waals surface area contributed by atoms with E-state index in [2.05, 4.69) is 5.32 Å². The molecule has 3 rings (SSSR count). The molecule has 0 aromatic heterocycles. The zero-order chi connectivity index (χ0) is 25.8. The SMILES string of the molecule is COc1ccc(N(CC(=O)Nc2cccc(C(F)(F)F)c2)S(=O)(=O)c2cc(C)ccc2OC)cc1. The van der Waals surface area contributed by atoms with Gasteiger partial charge in [-0.25, -0.2) is 8.42 Å². The number of sulfonamides is 1. The van der Waals surface area contributed by atoms with Gasteiger partial charge in [-0.05, 0) is 67.1 Å². The van der Waals surface area contributed by atoms with Crippen LogP contribution in [-0.2, 0) is 21.0 Å². The van der Waals surface area contributed by atoms with E-state index < -0.39 is 34.2 Å². The number of carbonyl (C=O) groups is 1. The number of nitrogens with one attached hydrogen (secondary N) is 1. The molecule has 3 aromatic rings. The van der Waals surface area contributed by atoms with Crippen LogP contribution in [0.1, 0.15) is 11.1 Å². The summed E-state index contributed by atoms with van der Waals surface area (Å²) < 4.78 is 77.6. The Hall–Kier alpha value is -3.73. The maximum atomic E-state index is 13.7. The molecule has 1 N–H and O–H groups in total. The Kier molecular flexibility index (Phi) is 7.59. The van der Waals surface area contributed by atoms with Gasteiger partial charge in [0.15, 0.2) is 0 Å². The van der Waals surface area contributed by atoms with Gasteiger partial charge >= 0.3 is 6.18 Å². The van der Waals surface area contributed by atoms with Crippen molar-refractivity contribution in [3.05, 3.63) is 77.9 Å². The van der Waals surface area contributed by atoms with E-state index in [4.69, 9.17) is 9.47 Å². The first-order valence-electron chi connectivity index (χ1n) is 10.2. The molecular weight excluding hydrogens is 485 g/mol. The van der Waals surface area contributed by atoms with Gasteiger partial charge in [-0.1, -0.05) is 12.1 Å². The second-order valence-corrected chi connectivity index (χ2v) is 9.32. The van der Waals surface area contributed by atoms with Crippen LogP contribution in [0.4, 0.5) is 24.5 Å². The van der Waals surface area contributed by atoms with Crippen molar-refractivity contribution in [3.8, 4) is 11.5 Å². The second kappa shape index (κ2) is 10.3. The predicted octanol–water partition coefficient (Wildman–Crippen LogP) is 4.87. The molecule has 0 bridgehead atoms. The Morgan fingerprint density at radius 1 is 0.971 bits per heavy atom. The lowest BCUT2D eigenvalue weighted by molar-refractivity contribution is -0.137. The van der Waals surface area contributed by atoms with Crippen molar-refractivity contribution >= 4 is 27.3 Å². The van der Waals surface area contributed by atoms with Gasteiger partial charge in [0.05, 0.1) is 25.5 Å². The highest BCUT2D eigenvalue weighted by atomic mass is 32.2. The topological polar surface area (TPSA) is 84.9 Å². The molecular formula is C24H23F3N2O5S. The fourth-order valence-corrected chi connectivity index (χ4v) is 4.94. The lowest BCUT2D eigenvalue weighted by Crippen LogP contribution is -2.38. The van der Waals surface area contributed by atoms with Gasteiger partial charge < -0.3 is 14.8 Å². The Labute approximate surface area is 201 Å². The van der Waals surface area contributed by atoms with Gasteiger partial charge in [0.25, 0.3) is 10.0 Å². The van der Waals surface area contributed by atoms with Crippen molar-refractivity contribution in [2.75, 3.05) is 30.4 Å². The highest BCUT2D eigenvalue weighted by Crippen LogP contribution is 2.33. The molecule has 7 nitrogen and oxygen atoms in total. The largest absolute Gasteiger partial charge is 0.497 e. The number of anilines is 2. The minimum Gasteiger partial charge on any atom is -0.497 e. The summed E-state index contributed by atoms with van der Waals surface area (Å²) in [6.45, 7) is 0.999. The number of hydrogen-bond donors (Lipinski definition) is 1. The summed E-state index contributed by atoms with van der Waals surface area (Å²) in [4.78, 5) is 12.7. The van der Waals surface area contributed by atoms with Crippen LogP contribution >= 0.6 is 0 Å². The maximum absolute atomic E-state index is 13.7. The molecule has 3 aromatic carbocycles. The molecule has 0 saturated heterocycles. The molecule has 0 spiro atoms. The number of benzene rings is 3. The Morgan fingerprint density at radius 3 is 2.26 bits per heavy atom. The first-order valence-corrected chi connectivity index (χ1v) is 11.7. The number of hydrogen-bond acceptors (Lipinski definition) is 5. The third kappa shape index (κ3) is 6.04.